The van der Waals surface area contributed by atoms with Gasteiger partial charge in [0.05, 0.1) is 13.3 Å². The van der Waals surface area contributed by atoms with Crippen LogP contribution in [0.5, 0.6) is 5.75 Å². The van der Waals surface area contributed by atoms with E-state index in [4.69, 9.17) is 9.94 Å². The largest absolute Gasteiger partial charge is 0.494 e. The summed E-state index contributed by atoms with van der Waals surface area (Å²) in [5.41, 5.74) is 1.46. The normalized spacial score (nSPS) is 22.5. The smallest absolute Gasteiger partial charge is 0.265 e. The second-order valence-electron chi connectivity index (χ2n) is 5.34. The lowest BCUT2D eigenvalue weighted by atomic mass is 9.92. The summed E-state index contributed by atoms with van der Waals surface area (Å²) in [6.07, 6.45) is 0. The number of hydrogen-bond acceptors (Lipinski definition) is 5. The number of carbonyl (C=O) groups excluding carboxylic acids is 2. The zero-order valence-corrected chi connectivity index (χ0v) is 12.9. The number of nitrogens with zero attached hydrogens (tertiary/aromatic N) is 1. The van der Waals surface area contributed by atoms with Gasteiger partial charge in [-0.1, -0.05) is 12.1 Å². The molecule has 1 heterocycles. The molecule has 0 bridgehead atoms. The van der Waals surface area contributed by atoms with Gasteiger partial charge >= 0.3 is 0 Å². The third-order valence-corrected chi connectivity index (χ3v) is 3.99. The molecule has 3 N–H and O–H groups in total. The lowest BCUT2D eigenvalue weighted by Gasteiger charge is -2.26. The third kappa shape index (κ3) is 2.77. The molecular weight excluding hydrogens is 286 g/mol. The summed E-state index contributed by atoms with van der Waals surface area (Å²) >= 11 is 0. The first-order valence-electron chi connectivity index (χ1n) is 7.17. The van der Waals surface area contributed by atoms with E-state index in [9.17, 15) is 9.59 Å². The van der Waals surface area contributed by atoms with Gasteiger partial charge in [0.15, 0.2) is 0 Å². The fourth-order valence-corrected chi connectivity index (χ4v) is 2.50. The molecule has 2 rings (SSSR count). The first-order valence-corrected chi connectivity index (χ1v) is 7.17. The highest BCUT2D eigenvalue weighted by Crippen LogP contribution is 2.30. The lowest BCUT2D eigenvalue weighted by molar-refractivity contribution is -0.143. The van der Waals surface area contributed by atoms with Gasteiger partial charge in [-0.05, 0) is 38.5 Å². The topological polar surface area (TPSA) is 90.9 Å². The second-order valence-corrected chi connectivity index (χ2v) is 5.34. The number of rotatable bonds is 5. The van der Waals surface area contributed by atoms with Gasteiger partial charge in [0.1, 0.15) is 17.3 Å². The van der Waals surface area contributed by atoms with Crippen LogP contribution in [-0.4, -0.2) is 41.2 Å². The predicted molar refractivity (Wildman–Crippen MR) is 79.2 cm³/mol. The molecule has 0 aromatic heterocycles. The van der Waals surface area contributed by atoms with E-state index < -0.39 is 17.5 Å². The molecule has 2 amide bonds. The van der Waals surface area contributed by atoms with E-state index in [0.29, 0.717) is 6.61 Å². The van der Waals surface area contributed by atoms with E-state index in [0.717, 1.165) is 11.3 Å². The highest BCUT2D eigenvalue weighted by atomic mass is 16.5. The quantitative estimate of drug-likeness (QED) is 0.547. The minimum atomic E-state index is -0.908. The van der Waals surface area contributed by atoms with Crippen molar-refractivity contribution >= 4 is 11.8 Å². The Hall–Kier alpha value is -2.12. The molecule has 1 aliphatic heterocycles. The van der Waals surface area contributed by atoms with Crippen LogP contribution in [0, 0.1) is 0 Å². The summed E-state index contributed by atoms with van der Waals surface area (Å²) < 4.78 is 5.39. The molecule has 1 fully saturated rings. The summed E-state index contributed by atoms with van der Waals surface area (Å²) in [6.45, 7) is 6.05. The molecule has 7 nitrogen and oxygen atoms in total. The van der Waals surface area contributed by atoms with Crippen molar-refractivity contribution in [2.24, 2.45) is 0 Å². The fourth-order valence-electron chi connectivity index (χ4n) is 2.50. The molecule has 1 aliphatic rings. The summed E-state index contributed by atoms with van der Waals surface area (Å²) in [5, 5.41) is 11.8. The third-order valence-electron chi connectivity index (χ3n) is 3.99. The number of benzene rings is 1. The number of carbonyl (C=O) groups is 2. The van der Waals surface area contributed by atoms with Gasteiger partial charge in [-0.25, -0.2) is 5.48 Å². The van der Waals surface area contributed by atoms with Crippen LogP contribution in [0.2, 0.25) is 0 Å². The van der Waals surface area contributed by atoms with Gasteiger partial charge in [-0.3, -0.25) is 20.1 Å². The standard InChI is InChI=1S/C15H21N3O4/c1-4-22-12-7-5-11(6-8-12)15(3)14(20)18(9-16-15)10(2)13(19)17-21/h5-8,10,16,21H,4,9H2,1-3H3,(H,17,19). The van der Waals surface area contributed by atoms with Crippen molar-refractivity contribution in [3.8, 4) is 5.75 Å². The number of ether oxygens (including phenoxy) is 1. The SMILES string of the molecule is CCOc1ccc(C2(C)NCN(C(C)C(=O)NO)C2=O)cc1. The van der Waals surface area contributed by atoms with Gasteiger partial charge in [0, 0.05) is 0 Å². The molecule has 7 heteroatoms. The average Bonchev–Trinajstić information content (AvgIpc) is 2.84. The molecule has 1 saturated heterocycles. The zero-order valence-electron chi connectivity index (χ0n) is 12.9. The molecule has 22 heavy (non-hydrogen) atoms. The molecule has 0 aliphatic carbocycles. The van der Waals surface area contributed by atoms with Crippen molar-refractivity contribution in [2.45, 2.75) is 32.4 Å². The molecule has 2 unspecified atom stereocenters. The minimum absolute atomic E-state index is 0.215. The Morgan fingerprint density at radius 1 is 1.50 bits per heavy atom. The average molecular weight is 307 g/mol. The first kappa shape index (κ1) is 16.3. The number of hydrogen-bond donors (Lipinski definition) is 3. The minimum Gasteiger partial charge on any atom is -0.494 e. The predicted octanol–water partition coefficient (Wildman–Crippen LogP) is 0.584. The Balaban J connectivity index is 2.20. The lowest BCUT2D eigenvalue weighted by Crippen LogP contribution is -2.47. The van der Waals surface area contributed by atoms with Crippen molar-refractivity contribution in [1.82, 2.24) is 15.7 Å². The molecule has 0 radical (unpaired) electrons. The molecule has 1 aromatic rings. The van der Waals surface area contributed by atoms with Gasteiger partial charge in [-0.2, -0.15) is 0 Å². The zero-order chi connectivity index (χ0) is 16.3. The fraction of sp³-hybridized carbons (Fsp3) is 0.467. The summed E-state index contributed by atoms with van der Waals surface area (Å²) in [5.74, 6) is -0.0935. The highest BCUT2D eigenvalue weighted by Gasteiger charge is 2.46. The van der Waals surface area contributed by atoms with E-state index in [1.807, 2.05) is 31.2 Å². The van der Waals surface area contributed by atoms with Crippen LogP contribution in [0.4, 0.5) is 0 Å². The maximum atomic E-state index is 12.7. The Morgan fingerprint density at radius 2 is 2.14 bits per heavy atom. The molecular formula is C15H21N3O4. The maximum absolute atomic E-state index is 12.7. The van der Waals surface area contributed by atoms with E-state index in [1.165, 1.54) is 4.90 Å². The first-order chi connectivity index (χ1) is 10.4. The van der Waals surface area contributed by atoms with Crippen molar-refractivity contribution in [2.75, 3.05) is 13.3 Å². The Bertz CT molecular complexity index is 560. The highest BCUT2D eigenvalue weighted by molar-refractivity contribution is 5.93. The van der Waals surface area contributed by atoms with E-state index in [2.05, 4.69) is 5.32 Å². The summed E-state index contributed by atoms with van der Waals surface area (Å²) in [6, 6.07) is 6.53. The van der Waals surface area contributed by atoms with Gasteiger partial charge in [0.25, 0.3) is 5.91 Å². The van der Waals surface area contributed by atoms with E-state index in [-0.39, 0.29) is 12.6 Å². The van der Waals surface area contributed by atoms with Crippen molar-refractivity contribution in [3.05, 3.63) is 29.8 Å². The summed E-state index contributed by atoms with van der Waals surface area (Å²) in [7, 11) is 0. The van der Waals surface area contributed by atoms with Crippen molar-refractivity contribution in [1.29, 1.82) is 0 Å². The van der Waals surface area contributed by atoms with Crippen LogP contribution in [-0.2, 0) is 15.1 Å². The van der Waals surface area contributed by atoms with Crippen LogP contribution in [0.3, 0.4) is 0 Å². The Morgan fingerprint density at radius 3 is 2.68 bits per heavy atom. The van der Waals surface area contributed by atoms with Crippen LogP contribution in [0.25, 0.3) is 0 Å². The van der Waals surface area contributed by atoms with Gasteiger partial charge in [0.2, 0.25) is 5.91 Å². The van der Waals surface area contributed by atoms with Crippen LogP contribution in [0.1, 0.15) is 26.3 Å². The number of amides is 2. The Labute approximate surface area is 129 Å². The van der Waals surface area contributed by atoms with Crippen molar-refractivity contribution in [3.63, 3.8) is 0 Å². The molecule has 1 aromatic carbocycles. The van der Waals surface area contributed by atoms with E-state index >= 15 is 0 Å². The molecule has 0 spiro atoms. The monoisotopic (exact) mass is 307 g/mol. The van der Waals surface area contributed by atoms with E-state index in [1.54, 1.807) is 19.3 Å². The molecule has 2 atom stereocenters. The second kappa shape index (κ2) is 6.33. The molecule has 0 saturated carbocycles. The molecule has 120 valence electrons. The van der Waals surface area contributed by atoms with Gasteiger partial charge < -0.3 is 9.64 Å². The number of nitrogens with one attached hydrogen (secondary N) is 2. The maximum Gasteiger partial charge on any atom is 0.265 e. The summed E-state index contributed by atoms with van der Waals surface area (Å²) in [4.78, 5) is 25.6. The Kier molecular flexibility index (Phi) is 4.68. The van der Waals surface area contributed by atoms with Gasteiger partial charge in [-0.15, -0.1) is 0 Å². The van der Waals surface area contributed by atoms with Crippen LogP contribution >= 0.6 is 0 Å². The van der Waals surface area contributed by atoms with Crippen LogP contribution in [0.15, 0.2) is 24.3 Å². The number of hydroxylamine groups is 1. The van der Waals surface area contributed by atoms with Crippen LogP contribution < -0.4 is 15.5 Å². The van der Waals surface area contributed by atoms with Crippen molar-refractivity contribution < 1.29 is 19.5 Å².